The second kappa shape index (κ2) is 7.76. The molecule has 2 heterocycles. The van der Waals surface area contributed by atoms with E-state index in [0.717, 1.165) is 17.1 Å². The van der Waals surface area contributed by atoms with E-state index in [0.29, 0.717) is 16.6 Å². The van der Waals surface area contributed by atoms with Crippen LogP contribution in [0.5, 0.6) is 0 Å². The molecule has 130 valence electrons. The molecule has 0 aliphatic carbocycles. The molecule has 26 heavy (non-hydrogen) atoms. The maximum atomic E-state index is 13.4. The highest BCUT2D eigenvalue weighted by molar-refractivity contribution is 7.98. The van der Waals surface area contributed by atoms with Crippen molar-refractivity contribution >= 4 is 23.1 Å². The number of benzene rings is 2. The maximum absolute atomic E-state index is 13.4. The number of hydrogen-bond acceptors (Lipinski definition) is 6. The maximum Gasteiger partial charge on any atom is 0.214 e. The first kappa shape index (κ1) is 16.9. The van der Waals surface area contributed by atoms with E-state index in [2.05, 4.69) is 38.0 Å². The molecule has 4 rings (SSSR count). The summed E-state index contributed by atoms with van der Waals surface area (Å²) in [6, 6.07) is 16.5. The summed E-state index contributed by atoms with van der Waals surface area (Å²) in [6.45, 7) is 0. The first-order valence-electron chi connectivity index (χ1n) is 7.92. The van der Waals surface area contributed by atoms with E-state index < -0.39 is 0 Å². The lowest BCUT2D eigenvalue weighted by molar-refractivity contribution is 0.623. The highest BCUT2D eigenvalue weighted by atomic mass is 32.2. The molecule has 0 aliphatic rings. The lowest BCUT2D eigenvalue weighted by atomic mass is 10.2. The smallest absolute Gasteiger partial charge is 0.214 e. The van der Waals surface area contributed by atoms with Gasteiger partial charge >= 0.3 is 0 Å². The SMILES string of the molecule is Fc1cccc(-n2nnnc2SCc2csc(Cc3ccccc3)n2)c1. The third-order valence-electron chi connectivity index (χ3n) is 3.64. The van der Waals surface area contributed by atoms with Gasteiger partial charge < -0.3 is 0 Å². The Morgan fingerprint density at radius 2 is 1.96 bits per heavy atom. The van der Waals surface area contributed by atoms with E-state index in [4.69, 9.17) is 0 Å². The molecule has 0 spiro atoms. The predicted octanol–water partition coefficient (Wildman–Crippen LogP) is 4.14. The Bertz CT molecular complexity index is 1000. The molecule has 0 N–H and O–H groups in total. The van der Waals surface area contributed by atoms with Crippen LogP contribution in [0.25, 0.3) is 5.69 Å². The summed E-state index contributed by atoms with van der Waals surface area (Å²) < 4.78 is 15.0. The predicted molar refractivity (Wildman–Crippen MR) is 100 cm³/mol. The van der Waals surface area contributed by atoms with Crippen molar-refractivity contribution in [3.63, 3.8) is 0 Å². The molecule has 2 aromatic carbocycles. The van der Waals surface area contributed by atoms with Gasteiger partial charge in [-0.25, -0.2) is 9.37 Å². The lowest BCUT2D eigenvalue weighted by Gasteiger charge is -2.03. The average molecular weight is 383 g/mol. The minimum absolute atomic E-state index is 0.320. The fourth-order valence-electron chi connectivity index (χ4n) is 2.44. The van der Waals surface area contributed by atoms with Crippen molar-refractivity contribution in [2.75, 3.05) is 0 Å². The third kappa shape index (κ3) is 3.97. The Morgan fingerprint density at radius 1 is 1.08 bits per heavy atom. The van der Waals surface area contributed by atoms with Crippen molar-refractivity contribution in [3.8, 4) is 5.69 Å². The van der Waals surface area contributed by atoms with Gasteiger partial charge in [-0.2, -0.15) is 4.68 Å². The van der Waals surface area contributed by atoms with Crippen molar-refractivity contribution in [2.45, 2.75) is 17.3 Å². The van der Waals surface area contributed by atoms with Crippen LogP contribution >= 0.6 is 23.1 Å². The van der Waals surface area contributed by atoms with Crippen molar-refractivity contribution in [1.82, 2.24) is 25.2 Å². The second-order valence-corrected chi connectivity index (χ2v) is 7.42. The molecule has 0 fully saturated rings. The molecule has 0 atom stereocenters. The normalized spacial score (nSPS) is 11.0. The van der Waals surface area contributed by atoms with Crippen molar-refractivity contribution in [3.05, 3.63) is 82.1 Å². The Hall–Kier alpha value is -2.58. The molecule has 0 radical (unpaired) electrons. The Balaban J connectivity index is 1.43. The number of thiazole rings is 1. The van der Waals surface area contributed by atoms with Gasteiger partial charge in [0.2, 0.25) is 5.16 Å². The first-order chi connectivity index (χ1) is 12.8. The number of tetrazole rings is 1. The first-order valence-corrected chi connectivity index (χ1v) is 9.79. The summed E-state index contributed by atoms with van der Waals surface area (Å²) in [6.07, 6.45) is 0.831. The Labute approximate surface area is 157 Å². The fourth-order valence-corrected chi connectivity index (χ4v) is 4.16. The second-order valence-electron chi connectivity index (χ2n) is 5.54. The summed E-state index contributed by atoms with van der Waals surface area (Å²) in [4.78, 5) is 4.68. The summed E-state index contributed by atoms with van der Waals surface area (Å²) in [7, 11) is 0. The quantitative estimate of drug-likeness (QED) is 0.468. The lowest BCUT2D eigenvalue weighted by Crippen LogP contribution is -1.99. The number of halogens is 1. The van der Waals surface area contributed by atoms with Gasteiger partial charge in [-0.05, 0) is 34.2 Å². The summed E-state index contributed by atoms with van der Waals surface area (Å²) >= 11 is 3.13. The van der Waals surface area contributed by atoms with Crippen LogP contribution < -0.4 is 0 Å². The van der Waals surface area contributed by atoms with Crippen molar-refractivity contribution < 1.29 is 4.39 Å². The molecule has 0 aliphatic heterocycles. The van der Waals surface area contributed by atoms with E-state index in [9.17, 15) is 4.39 Å². The molecule has 0 amide bonds. The van der Waals surface area contributed by atoms with Crippen LogP contribution in [0, 0.1) is 5.82 Å². The van der Waals surface area contributed by atoms with E-state index in [1.54, 1.807) is 23.5 Å². The summed E-state index contributed by atoms with van der Waals surface area (Å²) in [5, 5.41) is 15.4. The van der Waals surface area contributed by atoms with Crippen LogP contribution in [0.1, 0.15) is 16.3 Å². The molecule has 0 saturated carbocycles. The van der Waals surface area contributed by atoms with Crippen molar-refractivity contribution in [2.24, 2.45) is 0 Å². The standard InChI is InChI=1S/C18H14FN5S2/c19-14-7-4-8-16(10-14)24-18(21-22-23-24)26-12-15-11-25-17(20-15)9-13-5-2-1-3-6-13/h1-8,10-11H,9,12H2. The van der Waals surface area contributed by atoms with Gasteiger partial charge in [0.15, 0.2) is 0 Å². The Morgan fingerprint density at radius 3 is 2.81 bits per heavy atom. The number of nitrogens with zero attached hydrogens (tertiary/aromatic N) is 5. The van der Waals surface area contributed by atoms with Crippen LogP contribution in [-0.2, 0) is 12.2 Å². The molecular formula is C18H14FN5S2. The van der Waals surface area contributed by atoms with Crippen LogP contribution in [0.15, 0.2) is 65.1 Å². The minimum atomic E-state index is -0.320. The van der Waals surface area contributed by atoms with Crippen LogP contribution in [-0.4, -0.2) is 25.2 Å². The summed E-state index contributed by atoms with van der Waals surface area (Å²) in [5.74, 6) is 0.333. The number of aromatic nitrogens is 5. The third-order valence-corrected chi connectivity index (χ3v) is 5.49. The van der Waals surface area contributed by atoms with E-state index in [1.165, 1.54) is 34.1 Å². The zero-order valence-electron chi connectivity index (χ0n) is 13.6. The van der Waals surface area contributed by atoms with Gasteiger partial charge in [-0.15, -0.1) is 16.4 Å². The van der Waals surface area contributed by atoms with Crippen LogP contribution in [0.4, 0.5) is 4.39 Å². The number of rotatable bonds is 6. The van der Waals surface area contributed by atoms with E-state index in [1.807, 2.05) is 18.2 Å². The van der Waals surface area contributed by atoms with Crippen molar-refractivity contribution in [1.29, 1.82) is 0 Å². The average Bonchev–Trinajstić information content (AvgIpc) is 3.30. The van der Waals surface area contributed by atoms with E-state index >= 15 is 0 Å². The molecule has 2 aromatic heterocycles. The molecule has 4 aromatic rings. The zero-order chi connectivity index (χ0) is 17.8. The van der Waals surface area contributed by atoms with E-state index in [-0.39, 0.29) is 5.82 Å². The number of hydrogen-bond donors (Lipinski definition) is 0. The Kier molecular flexibility index (Phi) is 5.03. The van der Waals surface area contributed by atoms with Gasteiger partial charge in [0.1, 0.15) is 5.82 Å². The van der Waals surface area contributed by atoms with Gasteiger partial charge in [0.05, 0.1) is 16.4 Å². The molecule has 5 nitrogen and oxygen atoms in total. The highest BCUT2D eigenvalue weighted by Gasteiger charge is 2.11. The molecule has 0 saturated heterocycles. The molecule has 0 unspecified atom stereocenters. The number of thioether (sulfide) groups is 1. The summed E-state index contributed by atoms with van der Waals surface area (Å²) in [5.41, 5.74) is 2.83. The minimum Gasteiger partial charge on any atom is -0.245 e. The van der Waals surface area contributed by atoms with Crippen LogP contribution in [0.2, 0.25) is 0 Å². The molecule has 0 bridgehead atoms. The fraction of sp³-hybridized carbons (Fsp3) is 0.111. The largest absolute Gasteiger partial charge is 0.245 e. The molecular weight excluding hydrogens is 369 g/mol. The van der Waals surface area contributed by atoms with Gasteiger partial charge in [0.25, 0.3) is 0 Å². The topological polar surface area (TPSA) is 56.5 Å². The molecule has 8 heteroatoms. The highest BCUT2D eigenvalue weighted by Crippen LogP contribution is 2.24. The van der Waals surface area contributed by atoms with Gasteiger partial charge in [-0.1, -0.05) is 48.2 Å². The monoisotopic (exact) mass is 383 g/mol. The van der Waals surface area contributed by atoms with Gasteiger partial charge in [-0.3, -0.25) is 0 Å². The zero-order valence-corrected chi connectivity index (χ0v) is 15.3. The van der Waals surface area contributed by atoms with Gasteiger partial charge in [0, 0.05) is 17.6 Å². The van der Waals surface area contributed by atoms with Crippen LogP contribution in [0.3, 0.4) is 0 Å².